The zero-order valence-electron chi connectivity index (χ0n) is 14.0. The number of aromatic nitrogens is 4. The van der Waals surface area contributed by atoms with Gasteiger partial charge in [-0.05, 0) is 23.3 Å². The van der Waals surface area contributed by atoms with Crippen LogP contribution in [0.5, 0.6) is 0 Å². The van der Waals surface area contributed by atoms with Gasteiger partial charge in [0.15, 0.2) is 0 Å². The number of hydrogen-bond acceptors (Lipinski definition) is 4. The first kappa shape index (κ1) is 16.0. The van der Waals surface area contributed by atoms with Crippen molar-refractivity contribution in [2.75, 3.05) is 0 Å². The van der Waals surface area contributed by atoms with Crippen LogP contribution in [0.15, 0.2) is 73.4 Å². The summed E-state index contributed by atoms with van der Waals surface area (Å²) in [5, 5.41) is 8.02. The van der Waals surface area contributed by atoms with Crippen LogP contribution in [0.2, 0.25) is 0 Å². The Kier molecular flexibility index (Phi) is 4.38. The molecule has 0 radical (unpaired) electrons. The van der Waals surface area contributed by atoms with Gasteiger partial charge in [-0.1, -0.05) is 42.5 Å². The second-order valence-corrected chi connectivity index (χ2v) is 5.97. The topological polar surface area (TPSA) is 72.7 Å². The summed E-state index contributed by atoms with van der Waals surface area (Å²) < 4.78 is 1.77. The van der Waals surface area contributed by atoms with E-state index in [4.69, 9.17) is 0 Å². The number of para-hydroxylation sites is 1. The van der Waals surface area contributed by atoms with Gasteiger partial charge in [-0.2, -0.15) is 5.10 Å². The van der Waals surface area contributed by atoms with E-state index >= 15 is 0 Å². The maximum absolute atomic E-state index is 12.5. The quantitative estimate of drug-likeness (QED) is 0.605. The Morgan fingerprint density at radius 2 is 1.81 bits per heavy atom. The molecule has 0 aliphatic rings. The monoisotopic (exact) mass is 343 g/mol. The van der Waals surface area contributed by atoms with Gasteiger partial charge in [0.1, 0.15) is 12.7 Å². The highest BCUT2D eigenvalue weighted by atomic mass is 16.1. The fourth-order valence-corrected chi connectivity index (χ4v) is 2.83. The summed E-state index contributed by atoms with van der Waals surface area (Å²) in [5.41, 5.74) is 3.47. The Labute approximate surface area is 150 Å². The van der Waals surface area contributed by atoms with Gasteiger partial charge in [-0.3, -0.25) is 9.78 Å². The summed E-state index contributed by atoms with van der Waals surface area (Å²) in [5.74, 6) is -0.124. The van der Waals surface area contributed by atoms with Gasteiger partial charge < -0.3 is 5.32 Å². The van der Waals surface area contributed by atoms with Crippen LogP contribution in [0.1, 0.15) is 21.5 Å². The van der Waals surface area contributed by atoms with E-state index in [2.05, 4.69) is 20.4 Å². The van der Waals surface area contributed by atoms with Crippen LogP contribution in [0.3, 0.4) is 0 Å². The summed E-state index contributed by atoms with van der Waals surface area (Å²) in [7, 11) is 0. The second kappa shape index (κ2) is 7.14. The number of rotatable bonds is 5. The second-order valence-electron chi connectivity index (χ2n) is 5.97. The number of carbonyl (C=O) groups excluding carboxylic acids is 1. The molecule has 2 heterocycles. The van der Waals surface area contributed by atoms with Gasteiger partial charge in [0.2, 0.25) is 0 Å². The van der Waals surface area contributed by atoms with Crippen molar-refractivity contribution in [3.8, 4) is 0 Å². The van der Waals surface area contributed by atoms with Crippen LogP contribution in [0.4, 0.5) is 0 Å². The van der Waals surface area contributed by atoms with Gasteiger partial charge in [0.25, 0.3) is 5.91 Å². The maximum Gasteiger partial charge on any atom is 0.253 e. The smallest absolute Gasteiger partial charge is 0.253 e. The standard InChI is InChI=1S/C20H17N5O/c26-20(18-5-1-3-17-4-2-10-22-19(17)18)23-11-15-6-8-16(9-7-15)12-25-14-21-13-24-25/h1-10,13-14H,11-12H2,(H,23,26). The number of hydrogen-bond donors (Lipinski definition) is 1. The SMILES string of the molecule is O=C(NCc1ccc(Cn2cncn2)cc1)c1cccc2cccnc12. The third-order valence-electron chi connectivity index (χ3n) is 4.16. The fourth-order valence-electron chi connectivity index (χ4n) is 2.83. The summed E-state index contributed by atoms with van der Waals surface area (Å²) in [6, 6.07) is 17.5. The van der Waals surface area contributed by atoms with E-state index in [1.165, 1.54) is 6.33 Å². The normalized spacial score (nSPS) is 10.8. The van der Waals surface area contributed by atoms with Crippen LogP contribution in [-0.2, 0) is 13.1 Å². The van der Waals surface area contributed by atoms with Crippen LogP contribution in [0.25, 0.3) is 10.9 Å². The highest BCUT2D eigenvalue weighted by Gasteiger charge is 2.10. The zero-order valence-corrected chi connectivity index (χ0v) is 14.0. The predicted molar refractivity (Wildman–Crippen MR) is 98.5 cm³/mol. The van der Waals surface area contributed by atoms with Crippen LogP contribution in [0, 0.1) is 0 Å². The molecule has 6 nitrogen and oxygen atoms in total. The Balaban J connectivity index is 1.42. The lowest BCUT2D eigenvalue weighted by Gasteiger charge is -2.08. The molecular formula is C20H17N5O. The molecule has 0 spiro atoms. The lowest BCUT2D eigenvalue weighted by molar-refractivity contribution is 0.0952. The molecule has 0 unspecified atom stereocenters. The molecule has 0 aliphatic heterocycles. The van der Waals surface area contributed by atoms with Gasteiger partial charge in [-0.25, -0.2) is 9.67 Å². The Bertz CT molecular complexity index is 1020. The zero-order chi connectivity index (χ0) is 17.8. The molecule has 26 heavy (non-hydrogen) atoms. The van der Waals surface area contributed by atoms with Crippen LogP contribution in [-0.4, -0.2) is 25.7 Å². The molecule has 0 aliphatic carbocycles. The van der Waals surface area contributed by atoms with E-state index in [1.54, 1.807) is 23.3 Å². The molecule has 0 bridgehead atoms. The average molecular weight is 343 g/mol. The molecule has 4 rings (SSSR count). The van der Waals surface area contributed by atoms with Gasteiger partial charge >= 0.3 is 0 Å². The van der Waals surface area contributed by atoms with Gasteiger partial charge in [0.05, 0.1) is 17.6 Å². The molecule has 0 atom stereocenters. The summed E-state index contributed by atoms with van der Waals surface area (Å²) in [6.45, 7) is 1.14. The highest BCUT2D eigenvalue weighted by Crippen LogP contribution is 2.16. The molecule has 128 valence electrons. The first-order valence-corrected chi connectivity index (χ1v) is 8.32. The number of benzene rings is 2. The van der Waals surface area contributed by atoms with Crippen molar-refractivity contribution in [2.24, 2.45) is 0 Å². The minimum Gasteiger partial charge on any atom is -0.348 e. The van der Waals surface area contributed by atoms with Gasteiger partial charge in [0, 0.05) is 18.1 Å². The van der Waals surface area contributed by atoms with Crippen molar-refractivity contribution in [3.63, 3.8) is 0 Å². The highest BCUT2D eigenvalue weighted by molar-refractivity contribution is 6.05. The van der Waals surface area contributed by atoms with E-state index in [-0.39, 0.29) is 5.91 Å². The molecular weight excluding hydrogens is 326 g/mol. The number of amides is 1. The Morgan fingerprint density at radius 1 is 1.00 bits per heavy atom. The molecule has 6 heteroatoms. The van der Waals surface area contributed by atoms with Crippen molar-refractivity contribution in [2.45, 2.75) is 13.1 Å². The predicted octanol–water partition coefficient (Wildman–Crippen LogP) is 2.80. The molecule has 4 aromatic rings. The average Bonchev–Trinajstić information content (AvgIpc) is 3.20. The summed E-state index contributed by atoms with van der Waals surface area (Å²) >= 11 is 0. The Morgan fingerprint density at radius 3 is 2.62 bits per heavy atom. The number of fused-ring (bicyclic) bond motifs is 1. The third-order valence-corrected chi connectivity index (χ3v) is 4.16. The molecule has 0 saturated carbocycles. The van der Waals surface area contributed by atoms with Crippen LogP contribution >= 0.6 is 0 Å². The lowest BCUT2D eigenvalue weighted by atomic mass is 10.1. The Hall–Kier alpha value is -3.54. The lowest BCUT2D eigenvalue weighted by Crippen LogP contribution is -2.23. The minimum absolute atomic E-state index is 0.124. The van der Waals surface area contributed by atoms with Gasteiger partial charge in [-0.15, -0.1) is 0 Å². The first-order chi connectivity index (χ1) is 12.8. The molecule has 0 fully saturated rings. The third kappa shape index (κ3) is 3.44. The molecule has 2 aromatic heterocycles. The molecule has 2 aromatic carbocycles. The number of nitrogens with one attached hydrogen (secondary N) is 1. The molecule has 0 saturated heterocycles. The van der Waals surface area contributed by atoms with Crippen molar-refractivity contribution in [1.82, 2.24) is 25.1 Å². The number of nitrogens with zero attached hydrogens (tertiary/aromatic N) is 4. The first-order valence-electron chi connectivity index (χ1n) is 8.32. The van der Waals surface area contributed by atoms with Crippen LogP contribution < -0.4 is 5.32 Å². The van der Waals surface area contributed by atoms with Crippen molar-refractivity contribution >= 4 is 16.8 Å². The molecule has 1 amide bonds. The van der Waals surface area contributed by atoms with E-state index in [9.17, 15) is 4.79 Å². The van der Waals surface area contributed by atoms with Crippen molar-refractivity contribution in [3.05, 3.63) is 90.1 Å². The number of carbonyl (C=O) groups is 1. The largest absolute Gasteiger partial charge is 0.348 e. The minimum atomic E-state index is -0.124. The van der Waals surface area contributed by atoms with E-state index in [0.29, 0.717) is 18.7 Å². The van der Waals surface area contributed by atoms with E-state index in [1.807, 2.05) is 48.5 Å². The number of pyridine rings is 1. The van der Waals surface area contributed by atoms with E-state index in [0.717, 1.165) is 22.0 Å². The van der Waals surface area contributed by atoms with Crippen molar-refractivity contribution in [1.29, 1.82) is 0 Å². The van der Waals surface area contributed by atoms with Crippen molar-refractivity contribution < 1.29 is 4.79 Å². The maximum atomic E-state index is 12.5. The summed E-state index contributed by atoms with van der Waals surface area (Å²) in [6.07, 6.45) is 4.91. The van der Waals surface area contributed by atoms with E-state index < -0.39 is 0 Å². The fraction of sp³-hybridized carbons (Fsp3) is 0.100. The molecule has 1 N–H and O–H groups in total. The summed E-state index contributed by atoms with van der Waals surface area (Å²) in [4.78, 5) is 20.8.